The summed E-state index contributed by atoms with van der Waals surface area (Å²) in [6, 6.07) is 0. The number of nitrogens with zero attached hydrogens (tertiary/aromatic N) is 2. The van der Waals surface area contributed by atoms with Crippen LogP contribution in [0.4, 0.5) is 5.13 Å². The van der Waals surface area contributed by atoms with Crippen LogP contribution in [0.15, 0.2) is 5.38 Å². The molecule has 2 N–H and O–H groups in total. The van der Waals surface area contributed by atoms with Gasteiger partial charge in [-0.1, -0.05) is 27.2 Å². The van der Waals surface area contributed by atoms with E-state index >= 15 is 0 Å². The zero-order chi connectivity index (χ0) is 13.8. The fraction of sp³-hybridized carbons (Fsp3) is 0.571. The van der Waals surface area contributed by atoms with E-state index in [0.29, 0.717) is 11.0 Å². The zero-order valence-electron chi connectivity index (χ0n) is 11.8. The highest BCUT2D eigenvalue weighted by molar-refractivity contribution is 7.16. The maximum atomic E-state index is 5.75. The Kier molecular flexibility index (Phi) is 4.93. The lowest BCUT2D eigenvalue weighted by molar-refractivity contribution is 0.634. The van der Waals surface area contributed by atoms with Gasteiger partial charge in [0.2, 0.25) is 0 Å². The van der Waals surface area contributed by atoms with Gasteiger partial charge in [0.05, 0.1) is 21.3 Å². The van der Waals surface area contributed by atoms with Gasteiger partial charge in [0.15, 0.2) is 5.13 Å². The van der Waals surface area contributed by atoms with Crippen LogP contribution < -0.4 is 5.73 Å². The van der Waals surface area contributed by atoms with E-state index in [4.69, 9.17) is 10.7 Å². The zero-order valence-corrected chi connectivity index (χ0v) is 13.4. The van der Waals surface area contributed by atoms with E-state index in [9.17, 15) is 0 Å². The molecule has 2 aromatic rings. The van der Waals surface area contributed by atoms with Crippen molar-refractivity contribution in [2.24, 2.45) is 0 Å². The molecule has 104 valence electrons. The average molecular weight is 295 g/mol. The summed E-state index contributed by atoms with van der Waals surface area (Å²) in [6.45, 7) is 6.65. The van der Waals surface area contributed by atoms with Gasteiger partial charge in [-0.15, -0.1) is 22.7 Å². The summed E-state index contributed by atoms with van der Waals surface area (Å²) >= 11 is 3.30. The van der Waals surface area contributed by atoms with E-state index in [1.165, 1.54) is 26.9 Å². The predicted molar refractivity (Wildman–Crippen MR) is 85.0 cm³/mol. The number of nitrogens with two attached hydrogens (primary N) is 1. The molecule has 0 atom stereocenters. The molecule has 0 saturated carbocycles. The smallest absolute Gasteiger partial charge is 0.180 e. The number of hydrogen-bond acceptors (Lipinski definition) is 5. The molecular formula is C14H21N3S2. The minimum Gasteiger partial charge on any atom is -0.375 e. The number of nitrogen functional groups attached to an aromatic ring is 1. The first-order valence-electron chi connectivity index (χ1n) is 6.90. The fourth-order valence-corrected chi connectivity index (χ4v) is 4.15. The first kappa shape index (κ1) is 14.5. The molecule has 0 aliphatic carbocycles. The second-order valence-corrected chi connectivity index (χ2v) is 6.58. The van der Waals surface area contributed by atoms with E-state index in [0.717, 1.165) is 31.4 Å². The first-order chi connectivity index (χ1) is 9.19. The SMILES string of the molecule is CCCc1nc(C(CC)CC)sc1-c1csc(N)n1. The van der Waals surface area contributed by atoms with Gasteiger partial charge in [0, 0.05) is 11.3 Å². The molecule has 0 spiro atoms. The van der Waals surface area contributed by atoms with Crippen LogP contribution in [-0.2, 0) is 6.42 Å². The van der Waals surface area contributed by atoms with Gasteiger partial charge in [-0.2, -0.15) is 0 Å². The van der Waals surface area contributed by atoms with Crippen LogP contribution in [0, 0.1) is 0 Å². The topological polar surface area (TPSA) is 51.8 Å². The molecular weight excluding hydrogens is 274 g/mol. The third kappa shape index (κ3) is 3.15. The summed E-state index contributed by atoms with van der Waals surface area (Å²) in [5, 5.41) is 3.93. The number of aromatic nitrogens is 2. The molecule has 0 bridgehead atoms. The fourth-order valence-electron chi connectivity index (χ4n) is 2.18. The van der Waals surface area contributed by atoms with Crippen LogP contribution in [0.25, 0.3) is 10.6 Å². The highest BCUT2D eigenvalue weighted by atomic mass is 32.1. The molecule has 0 saturated heterocycles. The Balaban J connectivity index is 2.40. The van der Waals surface area contributed by atoms with Crippen LogP contribution in [0.3, 0.4) is 0 Å². The predicted octanol–water partition coefficient (Wildman–Crippen LogP) is 4.70. The summed E-state index contributed by atoms with van der Waals surface area (Å²) in [5.41, 5.74) is 7.95. The van der Waals surface area contributed by atoms with Crippen molar-refractivity contribution < 1.29 is 0 Å². The highest BCUT2D eigenvalue weighted by Gasteiger charge is 2.18. The van der Waals surface area contributed by atoms with Gasteiger partial charge in [0.25, 0.3) is 0 Å². The van der Waals surface area contributed by atoms with Gasteiger partial charge in [-0.25, -0.2) is 9.97 Å². The summed E-state index contributed by atoms with van der Waals surface area (Å²) in [4.78, 5) is 10.5. The third-order valence-corrected chi connectivity index (χ3v) is 5.25. The van der Waals surface area contributed by atoms with Crippen molar-refractivity contribution in [3.8, 4) is 10.6 Å². The van der Waals surface area contributed by atoms with Crippen molar-refractivity contribution in [3.63, 3.8) is 0 Å². The number of hydrogen-bond donors (Lipinski definition) is 1. The van der Waals surface area contributed by atoms with Crippen LogP contribution in [0.1, 0.15) is 56.7 Å². The Labute approximate surface area is 122 Å². The van der Waals surface area contributed by atoms with E-state index in [2.05, 4.69) is 25.8 Å². The van der Waals surface area contributed by atoms with Crippen LogP contribution in [0.5, 0.6) is 0 Å². The summed E-state index contributed by atoms with van der Waals surface area (Å²) in [5.74, 6) is 0.574. The van der Waals surface area contributed by atoms with Gasteiger partial charge < -0.3 is 5.73 Å². The van der Waals surface area contributed by atoms with Crippen molar-refractivity contribution in [1.29, 1.82) is 0 Å². The monoisotopic (exact) mass is 295 g/mol. The average Bonchev–Trinajstić information content (AvgIpc) is 2.98. The van der Waals surface area contributed by atoms with Gasteiger partial charge in [0.1, 0.15) is 0 Å². The van der Waals surface area contributed by atoms with Gasteiger partial charge in [-0.3, -0.25) is 0 Å². The minimum atomic E-state index is 0.574. The van der Waals surface area contributed by atoms with Crippen molar-refractivity contribution in [2.75, 3.05) is 5.73 Å². The second kappa shape index (κ2) is 6.48. The van der Waals surface area contributed by atoms with Gasteiger partial charge in [-0.05, 0) is 19.3 Å². The Morgan fingerprint density at radius 1 is 1.21 bits per heavy atom. The number of thiazole rings is 2. The Morgan fingerprint density at radius 3 is 2.47 bits per heavy atom. The van der Waals surface area contributed by atoms with Crippen molar-refractivity contribution >= 4 is 27.8 Å². The molecule has 0 unspecified atom stereocenters. The summed E-state index contributed by atoms with van der Waals surface area (Å²) in [7, 11) is 0. The molecule has 0 radical (unpaired) electrons. The maximum Gasteiger partial charge on any atom is 0.180 e. The van der Waals surface area contributed by atoms with E-state index < -0.39 is 0 Å². The Bertz CT molecular complexity index is 527. The van der Waals surface area contributed by atoms with Gasteiger partial charge >= 0.3 is 0 Å². The first-order valence-corrected chi connectivity index (χ1v) is 8.60. The van der Waals surface area contributed by atoms with Crippen LogP contribution in [0.2, 0.25) is 0 Å². The Morgan fingerprint density at radius 2 is 1.95 bits per heavy atom. The molecule has 19 heavy (non-hydrogen) atoms. The number of anilines is 1. The lowest BCUT2D eigenvalue weighted by Gasteiger charge is -2.06. The molecule has 0 fully saturated rings. The van der Waals surface area contributed by atoms with Crippen LogP contribution >= 0.6 is 22.7 Å². The van der Waals surface area contributed by atoms with E-state index in [1.54, 1.807) is 11.3 Å². The Hall–Kier alpha value is -0.940. The third-order valence-electron chi connectivity index (χ3n) is 3.29. The molecule has 5 heteroatoms. The molecule has 0 aromatic carbocycles. The number of rotatable bonds is 6. The lowest BCUT2D eigenvalue weighted by Crippen LogP contribution is -1.95. The minimum absolute atomic E-state index is 0.574. The lowest BCUT2D eigenvalue weighted by atomic mass is 10.1. The molecule has 3 nitrogen and oxygen atoms in total. The van der Waals surface area contributed by atoms with Crippen molar-refractivity contribution in [3.05, 3.63) is 16.1 Å². The quantitative estimate of drug-likeness (QED) is 0.840. The normalized spacial score (nSPS) is 11.4. The molecule has 2 aromatic heterocycles. The molecule has 0 amide bonds. The highest BCUT2D eigenvalue weighted by Crippen LogP contribution is 2.37. The summed E-state index contributed by atoms with van der Waals surface area (Å²) in [6.07, 6.45) is 4.42. The standard InChI is InChI=1S/C14H21N3S2/c1-4-7-10-12(11-8-18-14(15)17-11)19-13(16-10)9(5-2)6-3/h8-9H,4-7H2,1-3H3,(H2,15,17). The largest absolute Gasteiger partial charge is 0.375 e. The number of aryl methyl sites for hydroxylation is 1. The van der Waals surface area contributed by atoms with E-state index in [-0.39, 0.29) is 0 Å². The van der Waals surface area contributed by atoms with Crippen molar-refractivity contribution in [2.45, 2.75) is 52.4 Å². The molecule has 2 heterocycles. The van der Waals surface area contributed by atoms with Crippen LogP contribution in [-0.4, -0.2) is 9.97 Å². The summed E-state index contributed by atoms with van der Waals surface area (Å²) < 4.78 is 0. The molecule has 0 aliphatic rings. The van der Waals surface area contributed by atoms with E-state index in [1.807, 2.05) is 5.38 Å². The van der Waals surface area contributed by atoms with Crippen molar-refractivity contribution in [1.82, 2.24) is 9.97 Å². The molecule has 0 aliphatic heterocycles. The maximum absolute atomic E-state index is 5.75. The second-order valence-electron chi connectivity index (χ2n) is 4.66. The molecule has 2 rings (SSSR count).